The molecule has 1 aromatic heterocycles. The van der Waals surface area contributed by atoms with Gasteiger partial charge >= 0.3 is 0 Å². The molecule has 1 N–H and O–H groups in total. The van der Waals surface area contributed by atoms with Crippen LogP contribution in [0.15, 0.2) is 36.7 Å². The van der Waals surface area contributed by atoms with E-state index in [1.54, 1.807) is 12.4 Å². The first-order chi connectivity index (χ1) is 8.31. The highest BCUT2D eigenvalue weighted by molar-refractivity contribution is 6.33. The summed E-state index contributed by atoms with van der Waals surface area (Å²) in [5.74, 6) is 0.782. The maximum Gasteiger partial charge on any atom is 0.145 e. The molecule has 4 heteroatoms. The first kappa shape index (κ1) is 11.9. The van der Waals surface area contributed by atoms with E-state index in [-0.39, 0.29) is 0 Å². The molecule has 0 saturated heterocycles. The molecule has 2 aromatic rings. The number of nitrogens with zero attached hydrogens (tertiary/aromatic N) is 2. The number of hydrogen-bond acceptors (Lipinski definition) is 3. The van der Waals surface area contributed by atoms with Gasteiger partial charge in [-0.2, -0.15) is 0 Å². The average molecular weight is 248 g/mol. The van der Waals surface area contributed by atoms with E-state index >= 15 is 0 Å². The second kappa shape index (κ2) is 5.64. The van der Waals surface area contributed by atoms with Gasteiger partial charge in [0.1, 0.15) is 5.82 Å². The van der Waals surface area contributed by atoms with Crippen LogP contribution in [-0.4, -0.2) is 16.5 Å². The van der Waals surface area contributed by atoms with Crippen molar-refractivity contribution < 1.29 is 0 Å². The van der Waals surface area contributed by atoms with Gasteiger partial charge in [0.25, 0.3) is 0 Å². The highest BCUT2D eigenvalue weighted by atomic mass is 35.5. The van der Waals surface area contributed by atoms with Crippen LogP contribution in [0.1, 0.15) is 13.3 Å². The van der Waals surface area contributed by atoms with Crippen LogP contribution in [0.4, 0.5) is 5.82 Å². The third-order valence-electron chi connectivity index (χ3n) is 2.34. The third-order valence-corrected chi connectivity index (χ3v) is 2.67. The molecule has 1 heterocycles. The zero-order chi connectivity index (χ0) is 12.1. The fourth-order valence-electron chi connectivity index (χ4n) is 1.50. The molecular formula is C13H14ClN3. The monoisotopic (exact) mass is 247 g/mol. The number of anilines is 1. The minimum Gasteiger partial charge on any atom is -0.369 e. The Morgan fingerprint density at radius 3 is 2.82 bits per heavy atom. The van der Waals surface area contributed by atoms with E-state index in [0.717, 1.165) is 30.0 Å². The van der Waals surface area contributed by atoms with Crippen LogP contribution in [-0.2, 0) is 0 Å². The molecule has 0 amide bonds. The lowest BCUT2D eigenvalue weighted by atomic mass is 10.1. The van der Waals surface area contributed by atoms with Crippen molar-refractivity contribution in [2.75, 3.05) is 11.9 Å². The first-order valence-corrected chi connectivity index (χ1v) is 6.00. The van der Waals surface area contributed by atoms with Gasteiger partial charge in [0.05, 0.1) is 23.1 Å². The van der Waals surface area contributed by atoms with Gasteiger partial charge in [-0.25, -0.2) is 4.98 Å². The fourth-order valence-corrected chi connectivity index (χ4v) is 1.74. The van der Waals surface area contributed by atoms with Crippen LogP contribution in [0.25, 0.3) is 11.3 Å². The number of halogens is 1. The maximum atomic E-state index is 6.13. The number of nitrogens with one attached hydrogen (secondary N) is 1. The Kier molecular flexibility index (Phi) is 3.94. The molecule has 2 rings (SSSR count). The summed E-state index contributed by atoms with van der Waals surface area (Å²) in [6.07, 6.45) is 4.49. The zero-order valence-electron chi connectivity index (χ0n) is 9.65. The molecule has 1 aromatic carbocycles. The summed E-state index contributed by atoms with van der Waals surface area (Å²) >= 11 is 6.13. The van der Waals surface area contributed by atoms with Gasteiger partial charge in [0, 0.05) is 12.1 Å². The second-order valence-electron chi connectivity index (χ2n) is 3.70. The summed E-state index contributed by atoms with van der Waals surface area (Å²) < 4.78 is 0. The van der Waals surface area contributed by atoms with Crippen LogP contribution in [0.5, 0.6) is 0 Å². The van der Waals surface area contributed by atoms with Crippen molar-refractivity contribution in [3.63, 3.8) is 0 Å². The normalized spacial score (nSPS) is 10.2. The Labute approximate surface area is 106 Å². The molecule has 0 radical (unpaired) electrons. The van der Waals surface area contributed by atoms with Crippen molar-refractivity contribution in [1.82, 2.24) is 9.97 Å². The summed E-state index contributed by atoms with van der Waals surface area (Å²) in [7, 11) is 0. The van der Waals surface area contributed by atoms with E-state index < -0.39 is 0 Å². The Balaban J connectivity index is 2.30. The molecule has 0 atom stereocenters. The van der Waals surface area contributed by atoms with E-state index in [4.69, 9.17) is 11.6 Å². The topological polar surface area (TPSA) is 37.8 Å². The number of rotatable bonds is 4. The summed E-state index contributed by atoms with van der Waals surface area (Å²) in [6.45, 7) is 3.00. The standard InChI is InChI=1S/C13H14ClN3/c1-2-7-16-13-9-15-8-12(17-13)10-5-3-4-6-11(10)14/h3-6,8-9H,2,7H2,1H3,(H,16,17). The van der Waals surface area contributed by atoms with Gasteiger partial charge in [-0.1, -0.05) is 36.7 Å². The van der Waals surface area contributed by atoms with Crippen LogP contribution in [0.2, 0.25) is 5.02 Å². The second-order valence-corrected chi connectivity index (χ2v) is 4.10. The largest absolute Gasteiger partial charge is 0.369 e. The lowest BCUT2D eigenvalue weighted by Crippen LogP contribution is -2.02. The Hall–Kier alpha value is -1.61. The molecule has 17 heavy (non-hydrogen) atoms. The van der Waals surface area contributed by atoms with Gasteiger partial charge < -0.3 is 5.32 Å². The SMILES string of the molecule is CCCNc1cncc(-c2ccccc2Cl)n1. The van der Waals surface area contributed by atoms with Crippen LogP contribution < -0.4 is 5.32 Å². The predicted molar refractivity (Wildman–Crippen MR) is 71.3 cm³/mol. The maximum absolute atomic E-state index is 6.13. The van der Waals surface area contributed by atoms with E-state index in [1.165, 1.54) is 0 Å². The van der Waals surface area contributed by atoms with Crippen molar-refractivity contribution >= 4 is 17.4 Å². The minimum atomic E-state index is 0.689. The quantitative estimate of drug-likeness (QED) is 0.897. The summed E-state index contributed by atoms with van der Waals surface area (Å²) in [4.78, 5) is 8.65. The van der Waals surface area contributed by atoms with E-state index in [9.17, 15) is 0 Å². The molecule has 0 fully saturated rings. The summed E-state index contributed by atoms with van der Waals surface area (Å²) in [6, 6.07) is 7.63. The molecule has 0 aliphatic heterocycles. The van der Waals surface area contributed by atoms with Crippen LogP contribution in [0, 0.1) is 0 Å². The Bertz CT molecular complexity index is 500. The number of aromatic nitrogens is 2. The third kappa shape index (κ3) is 2.94. The Morgan fingerprint density at radius 2 is 2.06 bits per heavy atom. The van der Waals surface area contributed by atoms with Crippen LogP contribution >= 0.6 is 11.6 Å². The van der Waals surface area contributed by atoms with E-state index in [1.807, 2.05) is 24.3 Å². The van der Waals surface area contributed by atoms with Crippen molar-refractivity contribution in [2.45, 2.75) is 13.3 Å². The molecule has 0 spiro atoms. The molecule has 3 nitrogen and oxygen atoms in total. The molecule has 88 valence electrons. The Morgan fingerprint density at radius 1 is 1.24 bits per heavy atom. The zero-order valence-corrected chi connectivity index (χ0v) is 10.4. The van der Waals surface area contributed by atoms with Gasteiger partial charge in [-0.15, -0.1) is 0 Å². The minimum absolute atomic E-state index is 0.689. The average Bonchev–Trinajstić information content (AvgIpc) is 2.37. The van der Waals surface area contributed by atoms with Gasteiger partial charge in [-0.05, 0) is 12.5 Å². The molecular weight excluding hydrogens is 234 g/mol. The lowest BCUT2D eigenvalue weighted by molar-refractivity contribution is 0.965. The molecule has 0 aliphatic carbocycles. The first-order valence-electron chi connectivity index (χ1n) is 5.62. The predicted octanol–water partition coefficient (Wildman–Crippen LogP) is 3.62. The van der Waals surface area contributed by atoms with Crippen molar-refractivity contribution in [1.29, 1.82) is 0 Å². The number of benzene rings is 1. The van der Waals surface area contributed by atoms with E-state index in [0.29, 0.717) is 5.02 Å². The highest BCUT2D eigenvalue weighted by Crippen LogP contribution is 2.25. The van der Waals surface area contributed by atoms with Gasteiger partial charge in [0.2, 0.25) is 0 Å². The van der Waals surface area contributed by atoms with Crippen molar-refractivity contribution in [3.05, 3.63) is 41.7 Å². The fraction of sp³-hybridized carbons (Fsp3) is 0.231. The smallest absolute Gasteiger partial charge is 0.145 e. The summed E-state index contributed by atoms with van der Waals surface area (Å²) in [5, 5.41) is 3.90. The van der Waals surface area contributed by atoms with Crippen molar-refractivity contribution in [3.8, 4) is 11.3 Å². The molecule has 0 aliphatic rings. The number of hydrogen-bond donors (Lipinski definition) is 1. The van der Waals surface area contributed by atoms with Crippen LogP contribution in [0.3, 0.4) is 0 Å². The molecule has 0 saturated carbocycles. The van der Waals surface area contributed by atoms with Gasteiger partial charge in [-0.3, -0.25) is 4.98 Å². The molecule has 0 unspecified atom stereocenters. The summed E-state index contributed by atoms with van der Waals surface area (Å²) in [5.41, 5.74) is 1.69. The van der Waals surface area contributed by atoms with E-state index in [2.05, 4.69) is 22.2 Å². The van der Waals surface area contributed by atoms with Gasteiger partial charge in [0.15, 0.2) is 0 Å². The molecule has 0 bridgehead atoms. The van der Waals surface area contributed by atoms with Crippen molar-refractivity contribution in [2.24, 2.45) is 0 Å². The highest BCUT2D eigenvalue weighted by Gasteiger charge is 2.05. The lowest BCUT2D eigenvalue weighted by Gasteiger charge is -2.06.